The number of imidazole rings is 1. The number of hydrogen-bond donors (Lipinski definition) is 1. The van der Waals surface area contributed by atoms with Crippen molar-refractivity contribution in [1.29, 1.82) is 0 Å². The second-order valence-corrected chi connectivity index (χ2v) is 11.0. The van der Waals surface area contributed by atoms with Crippen molar-refractivity contribution in [3.63, 3.8) is 0 Å². The summed E-state index contributed by atoms with van der Waals surface area (Å²) >= 11 is 1.03. The van der Waals surface area contributed by atoms with E-state index in [1.54, 1.807) is 38.1 Å². The Hall–Kier alpha value is -5.09. The molecule has 1 N–H and O–H groups in total. The zero-order valence-electron chi connectivity index (χ0n) is 23.3. The predicted octanol–water partition coefficient (Wildman–Crippen LogP) is 6.34. The third-order valence-electron chi connectivity index (χ3n) is 7.22. The highest BCUT2D eigenvalue weighted by Crippen LogP contribution is 2.45. The summed E-state index contributed by atoms with van der Waals surface area (Å²) in [5.41, 5.74) is 3.16. The average molecular weight is 579 g/mol. The number of aromatic nitrogens is 3. The van der Waals surface area contributed by atoms with Gasteiger partial charge in [0.2, 0.25) is 0 Å². The fourth-order valence-electron chi connectivity index (χ4n) is 5.20. The van der Waals surface area contributed by atoms with Gasteiger partial charge in [0.25, 0.3) is 5.78 Å². The summed E-state index contributed by atoms with van der Waals surface area (Å²) < 4.78 is 7.87. The number of thiazole rings is 1. The van der Waals surface area contributed by atoms with Crippen molar-refractivity contribution in [3.05, 3.63) is 112 Å². The Labute approximate surface area is 245 Å². The molecule has 9 nitrogen and oxygen atoms in total. The van der Waals surface area contributed by atoms with Gasteiger partial charge in [-0.25, -0.2) is 9.97 Å². The Balaban J connectivity index is 1.56. The third-order valence-corrected chi connectivity index (χ3v) is 8.47. The van der Waals surface area contributed by atoms with Crippen molar-refractivity contribution < 1.29 is 24.2 Å². The van der Waals surface area contributed by atoms with Gasteiger partial charge in [-0.3, -0.25) is 19.3 Å². The molecule has 0 saturated carbocycles. The summed E-state index contributed by atoms with van der Waals surface area (Å²) in [6.07, 6.45) is 1.82. The minimum Gasteiger partial charge on any atom is -0.505 e. The summed E-state index contributed by atoms with van der Waals surface area (Å²) in [7, 11) is 0. The molecular weight excluding hydrogens is 552 g/mol. The largest absolute Gasteiger partial charge is 0.505 e. The van der Waals surface area contributed by atoms with E-state index in [2.05, 4.69) is 9.97 Å². The highest BCUT2D eigenvalue weighted by atomic mass is 32.1. The maximum Gasteiger partial charge on any atom is 0.301 e. The van der Waals surface area contributed by atoms with Gasteiger partial charge in [-0.15, -0.1) is 0 Å². The molecule has 4 heterocycles. The van der Waals surface area contributed by atoms with E-state index in [0.717, 1.165) is 16.9 Å². The molecule has 210 valence electrons. The molecule has 1 amide bonds. The second kappa shape index (κ2) is 10.4. The van der Waals surface area contributed by atoms with Gasteiger partial charge >= 0.3 is 5.91 Å². The minimum absolute atomic E-state index is 0.127. The number of benzene rings is 2. The van der Waals surface area contributed by atoms with Crippen molar-refractivity contribution in [2.24, 2.45) is 0 Å². The molecule has 6 rings (SSSR count). The molecule has 1 fully saturated rings. The van der Waals surface area contributed by atoms with Gasteiger partial charge in [0, 0.05) is 13.1 Å². The van der Waals surface area contributed by atoms with Crippen LogP contribution in [0.3, 0.4) is 0 Å². The number of pyridine rings is 1. The number of aliphatic hydroxyl groups is 1. The Bertz CT molecular complexity index is 1940. The van der Waals surface area contributed by atoms with Crippen LogP contribution in [0.25, 0.3) is 11.4 Å². The van der Waals surface area contributed by atoms with Crippen LogP contribution in [-0.4, -0.2) is 36.9 Å². The van der Waals surface area contributed by atoms with Gasteiger partial charge in [-0.1, -0.05) is 47.7 Å². The molecule has 10 heteroatoms. The molecule has 1 aliphatic rings. The Kier molecular flexibility index (Phi) is 6.70. The highest BCUT2D eigenvalue weighted by molar-refractivity contribution is 7.18. The highest BCUT2D eigenvalue weighted by Gasteiger charge is 2.49. The Morgan fingerprint density at radius 2 is 1.69 bits per heavy atom. The average Bonchev–Trinajstić information content (AvgIpc) is 3.61. The van der Waals surface area contributed by atoms with Crippen molar-refractivity contribution in [3.8, 4) is 11.5 Å². The van der Waals surface area contributed by atoms with E-state index >= 15 is 0 Å². The van der Waals surface area contributed by atoms with Crippen LogP contribution in [0.5, 0.6) is 11.5 Å². The first kappa shape index (κ1) is 27.1. The van der Waals surface area contributed by atoms with Crippen molar-refractivity contribution in [2.45, 2.75) is 33.7 Å². The van der Waals surface area contributed by atoms with E-state index in [-0.39, 0.29) is 22.2 Å². The summed E-state index contributed by atoms with van der Waals surface area (Å²) in [5, 5.41) is 11.9. The monoisotopic (exact) mass is 578 g/mol. The first-order valence-corrected chi connectivity index (χ1v) is 14.0. The van der Waals surface area contributed by atoms with E-state index in [1.165, 1.54) is 11.8 Å². The SMILES string of the molecule is CC(=O)c1sc(N2C(=O)C(=O)/C(=C(/O)c3nc4c(C)cccn4c3C)C2c2cccc(Oc3ccccc3)c2)nc1C. The number of para-hydroxylation sites is 1. The van der Waals surface area contributed by atoms with Crippen LogP contribution in [0.4, 0.5) is 5.13 Å². The van der Waals surface area contributed by atoms with Crippen LogP contribution < -0.4 is 9.64 Å². The van der Waals surface area contributed by atoms with Crippen LogP contribution in [0.1, 0.15) is 50.8 Å². The summed E-state index contributed by atoms with van der Waals surface area (Å²) in [5.74, 6) is -1.24. The molecule has 1 unspecified atom stereocenters. The number of nitrogens with zero attached hydrogens (tertiary/aromatic N) is 4. The van der Waals surface area contributed by atoms with Crippen LogP contribution in [0.2, 0.25) is 0 Å². The standard InChI is InChI=1S/C32H26N4O5S/c1-17-10-9-15-35-19(3)25(34-30(17)35)27(38)24-26(21-11-8-14-23(16-21)41-22-12-6-5-7-13-22)36(31(40)28(24)39)32-33-18(2)29(42-32)20(4)37/h5-16,26,38H,1-4H3/b27-24+. The molecule has 1 saturated heterocycles. The van der Waals surface area contributed by atoms with Crippen LogP contribution in [-0.2, 0) is 9.59 Å². The molecule has 0 radical (unpaired) electrons. The quantitative estimate of drug-likeness (QED) is 0.108. The van der Waals surface area contributed by atoms with Gasteiger partial charge in [-0.2, -0.15) is 0 Å². The van der Waals surface area contributed by atoms with E-state index < -0.39 is 23.5 Å². The molecule has 42 heavy (non-hydrogen) atoms. The lowest BCUT2D eigenvalue weighted by molar-refractivity contribution is -0.132. The topological polar surface area (TPSA) is 114 Å². The number of hydrogen-bond acceptors (Lipinski definition) is 8. The number of anilines is 1. The normalized spacial score (nSPS) is 16.4. The van der Waals surface area contributed by atoms with Crippen LogP contribution in [0, 0.1) is 20.8 Å². The number of carbonyl (C=O) groups is 3. The van der Waals surface area contributed by atoms with Gasteiger partial charge in [0.05, 0.1) is 27.9 Å². The maximum atomic E-state index is 13.7. The fourth-order valence-corrected chi connectivity index (χ4v) is 6.19. The van der Waals surface area contributed by atoms with Crippen molar-refractivity contribution in [2.75, 3.05) is 4.90 Å². The molecule has 3 aromatic heterocycles. The minimum atomic E-state index is -1.06. The molecule has 0 aliphatic carbocycles. The number of aliphatic hydroxyl groups excluding tert-OH is 1. The number of Topliss-reactive ketones (excluding diaryl/α,β-unsaturated/α-hetero) is 2. The summed E-state index contributed by atoms with van der Waals surface area (Å²) in [6.45, 7) is 6.80. The van der Waals surface area contributed by atoms with E-state index in [1.807, 2.05) is 60.0 Å². The van der Waals surface area contributed by atoms with Crippen LogP contribution in [0.15, 0.2) is 78.5 Å². The van der Waals surface area contributed by atoms with Crippen molar-refractivity contribution >= 4 is 45.3 Å². The molecular formula is C32H26N4O5S. The fraction of sp³-hybridized carbons (Fsp3) is 0.156. The lowest BCUT2D eigenvalue weighted by Gasteiger charge is -2.23. The third kappa shape index (κ3) is 4.46. The smallest absolute Gasteiger partial charge is 0.301 e. The first-order valence-electron chi connectivity index (χ1n) is 13.2. The number of ketones is 2. The zero-order valence-corrected chi connectivity index (χ0v) is 24.1. The number of fused-ring (bicyclic) bond motifs is 1. The lowest BCUT2D eigenvalue weighted by atomic mass is 9.96. The number of ether oxygens (including phenoxy) is 1. The molecule has 0 spiro atoms. The number of rotatable bonds is 6. The molecule has 0 bridgehead atoms. The second-order valence-electron chi connectivity index (χ2n) is 10.1. The van der Waals surface area contributed by atoms with Crippen LogP contribution >= 0.6 is 11.3 Å². The Morgan fingerprint density at radius 1 is 0.952 bits per heavy atom. The van der Waals surface area contributed by atoms with E-state index in [4.69, 9.17) is 4.74 Å². The Morgan fingerprint density at radius 3 is 2.38 bits per heavy atom. The van der Waals surface area contributed by atoms with Gasteiger partial charge in [0.1, 0.15) is 22.8 Å². The lowest BCUT2D eigenvalue weighted by Crippen LogP contribution is -2.29. The summed E-state index contributed by atoms with van der Waals surface area (Å²) in [4.78, 5) is 50.4. The number of amides is 1. The molecule has 1 atom stereocenters. The predicted molar refractivity (Wildman–Crippen MR) is 159 cm³/mol. The van der Waals surface area contributed by atoms with Gasteiger partial charge in [0.15, 0.2) is 16.7 Å². The zero-order chi connectivity index (χ0) is 29.7. The van der Waals surface area contributed by atoms with Gasteiger partial charge < -0.3 is 14.2 Å². The molecule has 5 aromatic rings. The number of aryl methyl sites for hydroxylation is 3. The number of carbonyl (C=O) groups excluding carboxylic acids is 3. The van der Waals surface area contributed by atoms with E-state index in [9.17, 15) is 19.5 Å². The first-order chi connectivity index (χ1) is 20.2. The van der Waals surface area contributed by atoms with Crippen molar-refractivity contribution in [1.82, 2.24) is 14.4 Å². The van der Waals surface area contributed by atoms with Gasteiger partial charge in [-0.05, 0) is 62.2 Å². The maximum absolute atomic E-state index is 13.7. The van der Waals surface area contributed by atoms with E-state index in [0.29, 0.717) is 39.0 Å². The molecule has 1 aliphatic heterocycles. The summed E-state index contributed by atoms with van der Waals surface area (Å²) in [6, 6.07) is 18.9. The molecule has 2 aromatic carbocycles.